The van der Waals surface area contributed by atoms with Crippen molar-refractivity contribution in [3.8, 4) is 0 Å². The molecule has 0 aromatic rings. The molecule has 1 atom stereocenters. The van der Waals surface area contributed by atoms with Crippen molar-refractivity contribution in [3.05, 3.63) is 0 Å². The van der Waals surface area contributed by atoms with Gasteiger partial charge in [-0.1, -0.05) is 13.8 Å². The van der Waals surface area contributed by atoms with E-state index in [-0.39, 0.29) is 30.6 Å². The Morgan fingerprint density at radius 2 is 1.93 bits per heavy atom. The van der Waals surface area contributed by atoms with Crippen LogP contribution in [0.3, 0.4) is 0 Å². The molecule has 1 aliphatic heterocycles. The van der Waals surface area contributed by atoms with Crippen molar-refractivity contribution >= 4 is 29.9 Å². The molecule has 1 rings (SSSR count). The van der Waals surface area contributed by atoms with Crippen molar-refractivity contribution in [1.82, 2.24) is 20.4 Å². The Morgan fingerprint density at radius 3 is 2.59 bits per heavy atom. The molecule has 3 N–H and O–H groups in total. The molecule has 0 amide bonds. The Labute approximate surface area is 184 Å². The van der Waals surface area contributed by atoms with Gasteiger partial charge in [0.25, 0.3) is 0 Å². The summed E-state index contributed by atoms with van der Waals surface area (Å²) in [6.07, 6.45) is 4.37. The minimum Gasteiger partial charge on any atom is -0.396 e. The predicted octanol–water partition coefficient (Wildman–Crippen LogP) is 2.23. The van der Waals surface area contributed by atoms with Crippen LogP contribution in [0.15, 0.2) is 4.99 Å². The number of rotatable bonds is 11. The molecule has 0 aromatic heterocycles. The number of aliphatic hydroxyl groups is 1. The van der Waals surface area contributed by atoms with Gasteiger partial charge in [-0.25, -0.2) is 0 Å². The smallest absolute Gasteiger partial charge is 0.191 e. The highest BCUT2D eigenvalue weighted by molar-refractivity contribution is 14.0. The van der Waals surface area contributed by atoms with Gasteiger partial charge in [0, 0.05) is 39.3 Å². The number of halogens is 1. The topological polar surface area (TPSA) is 63.1 Å². The maximum Gasteiger partial charge on any atom is 0.191 e. The Balaban J connectivity index is 0.00000676. The fourth-order valence-corrected chi connectivity index (χ4v) is 3.53. The lowest BCUT2D eigenvalue weighted by Crippen LogP contribution is -2.39. The second-order valence-electron chi connectivity index (χ2n) is 8.01. The molecule has 1 heterocycles. The lowest BCUT2D eigenvalue weighted by Gasteiger charge is -2.20. The van der Waals surface area contributed by atoms with E-state index in [1.54, 1.807) is 0 Å². The van der Waals surface area contributed by atoms with E-state index in [2.05, 4.69) is 48.3 Å². The normalized spacial score (nSPS) is 18.1. The maximum absolute atomic E-state index is 9.26. The summed E-state index contributed by atoms with van der Waals surface area (Å²) in [5, 5.41) is 16.1. The molecular weight excluding hydrogens is 453 g/mol. The van der Waals surface area contributed by atoms with E-state index in [0.717, 1.165) is 51.4 Å². The molecule has 1 fully saturated rings. The standard InChI is InChI=1S/C20H43N5O.HI/c1-5-21-20(23-17-19(8-15-26)16-18(2)3)22-9-6-11-25-12-7-10-24(4)13-14-25;/h18-19,26H,5-17H2,1-4H3,(H2,21,22,23);1H. The Morgan fingerprint density at radius 1 is 1.15 bits per heavy atom. The number of hydrogen-bond acceptors (Lipinski definition) is 4. The van der Waals surface area contributed by atoms with E-state index >= 15 is 0 Å². The molecule has 0 bridgehead atoms. The fraction of sp³-hybridized carbons (Fsp3) is 0.950. The van der Waals surface area contributed by atoms with Crippen LogP contribution < -0.4 is 10.6 Å². The van der Waals surface area contributed by atoms with E-state index in [9.17, 15) is 5.11 Å². The van der Waals surface area contributed by atoms with Crippen LogP contribution in [0.4, 0.5) is 0 Å². The third-order valence-corrected chi connectivity index (χ3v) is 4.95. The van der Waals surface area contributed by atoms with Gasteiger partial charge in [-0.15, -0.1) is 24.0 Å². The number of aliphatic imine (C=N–C) groups is 1. The van der Waals surface area contributed by atoms with Crippen LogP contribution in [0, 0.1) is 11.8 Å². The summed E-state index contributed by atoms with van der Waals surface area (Å²) in [5.41, 5.74) is 0. The SMILES string of the molecule is CCNC(=NCC(CCO)CC(C)C)NCCCN1CCCN(C)CC1.I. The number of aliphatic hydroxyl groups excluding tert-OH is 1. The first-order chi connectivity index (χ1) is 12.5. The van der Waals surface area contributed by atoms with Gasteiger partial charge in [-0.2, -0.15) is 0 Å². The van der Waals surface area contributed by atoms with Gasteiger partial charge in [0.15, 0.2) is 5.96 Å². The van der Waals surface area contributed by atoms with Gasteiger partial charge >= 0.3 is 0 Å². The second-order valence-corrected chi connectivity index (χ2v) is 8.01. The number of guanidine groups is 1. The first kappa shape index (κ1) is 26.9. The lowest BCUT2D eigenvalue weighted by molar-refractivity contribution is 0.245. The first-order valence-electron chi connectivity index (χ1n) is 10.6. The molecule has 162 valence electrons. The van der Waals surface area contributed by atoms with Crippen LogP contribution >= 0.6 is 24.0 Å². The van der Waals surface area contributed by atoms with Crippen molar-refractivity contribution in [1.29, 1.82) is 0 Å². The van der Waals surface area contributed by atoms with Crippen molar-refractivity contribution in [3.63, 3.8) is 0 Å². The van der Waals surface area contributed by atoms with E-state index in [4.69, 9.17) is 4.99 Å². The summed E-state index contributed by atoms with van der Waals surface area (Å²) in [6, 6.07) is 0. The summed E-state index contributed by atoms with van der Waals surface area (Å²) < 4.78 is 0. The van der Waals surface area contributed by atoms with Crippen LogP contribution in [-0.4, -0.2) is 86.9 Å². The molecule has 27 heavy (non-hydrogen) atoms. The van der Waals surface area contributed by atoms with Gasteiger partial charge in [-0.3, -0.25) is 4.99 Å². The molecular formula is C20H44IN5O. The number of hydrogen-bond donors (Lipinski definition) is 3. The largest absolute Gasteiger partial charge is 0.396 e. The zero-order chi connectivity index (χ0) is 19.2. The summed E-state index contributed by atoms with van der Waals surface area (Å²) in [7, 11) is 2.22. The Hall–Kier alpha value is -0.120. The van der Waals surface area contributed by atoms with Crippen LogP contribution in [-0.2, 0) is 0 Å². The molecule has 0 saturated carbocycles. The Kier molecular flexibility index (Phi) is 16.7. The summed E-state index contributed by atoms with van der Waals surface area (Å²) in [5.74, 6) is 2.02. The van der Waals surface area contributed by atoms with Gasteiger partial charge in [0.2, 0.25) is 0 Å². The zero-order valence-corrected chi connectivity index (χ0v) is 20.4. The second kappa shape index (κ2) is 16.8. The monoisotopic (exact) mass is 497 g/mol. The average molecular weight is 498 g/mol. The molecule has 1 aliphatic rings. The minimum absolute atomic E-state index is 0. The third kappa shape index (κ3) is 13.7. The van der Waals surface area contributed by atoms with Crippen molar-refractivity contribution in [2.75, 3.05) is 66.0 Å². The quantitative estimate of drug-likeness (QED) is 0.177. The Bertz CT molecular complexity index is 381. The van der Waals surface area contributed by atoms with Gasteiger partial charge < -0.3 is 25.5 Å². The van der Waals surface area contributed by atoms with Crippen molar-refractivity contribution < 1.29 is 5.11 Å². The predicted molar refractivity (Wildman–Crippen MR) is 127 cm³/mol. The van der Waals surface area contributed by atoms with Gasteiger partial charge in [0.1, 0.15) is 0 Å². The molecule has 0 spiro atoms. The van der Waals surface area contributed by atoms with Gasteiger partial charge in [-0.05, 0) is 71.1 Å². The van der Waals surface area contributed by atoms with Crippen LogP contribution in [0.2, 0.25) is 0 Å². The highest BCUT2D eigenvalue weighted by Gasteiger charge is 2.12. The third-order valence-electron chi connectivity index (χ3n) is 4.95. The van der Waals surface area contributed by atoms with E-state index in [1.807, 2.05) is 0 Å². The molecule has 0 aromatic carbocycles. The van der Waals surface area contributed by atoms with Crippen LogP contribution in [0.25, 0.3) is 0 Å². The van der Waals surface area contributed by atoms with Gasteiger partial charge in [0.05, 0.1) is 0 Å². The molecule has 0 radical (unpaired) electrons. The lowest BCUT2D eigenvalue weighted by atomic mass is 9.94. The summed E-state index contributed by atoms with van der Waals surface area (Å²) in [6.45, 7) is 15.4. The molecule has 7 heteroatoms. The summed E-state index contributed by atoms with van der Waals surface area (Å²) in [4.78, 5) is 9.76. The van der Waals surface area contributed by atoms with E-state index in [1.165, 1.54) is 32.6 Å². The fourth-order valence-electron chi connectivity index (χ4n) is 3.53. The number of nitrogens with zero attached hydrogens (tertiary/aromatic N) is 3. The summed E-state index contributed by atoms with van der Waals surface area (Å²) >= 11 is 0. The molecule has 6 nitrogen and oxygen atoms in total. The van der Waals surface area contributed by atoms with Crippen LogP contribution in [0.5, 0.6) is 0 Å². The molecule has 1 unspecified atom stereocenters. The average Bonchev–Trinajstić information content (AvgIpc) is 2.80. The maximum atomic E-state index is 9.26. The van der Waals surface area contributed by atoms with Crippen molar-refractivity contribution in [2.45, 2.75) is 46.5 Å². The van der Waals surface area contributed by atoms with E-state index < -0.39 is 0 Å². The zero-order valence-electron chi connectivity index (χ0n) is 18.0. The molecule has 0 aliphatic carbocycles. The molecule has 1 saturated heterocycles. The number of nitrogens with one attached hydrogen (secondary N) is 2. The van der Waals surface area contributed by atoms with Crippen LogP contribution in [0.1, 0.15) is 46.5 Å². The highest BCUT2D eigenvalue weighted by atomic mass is 127. The van der Waals surface area contributed by atoms with Crippen molar-refractivity contribution in [2.24, 2.45) is 16.8 Å². The first-order valence-corrected chi connectivity index (χ1v) is 10.6. The minimum atomic E-state index is 0. The number of likely N-dealkylation sites (N-methyl/N-ethyl adjacent to an activating group) is 1. The van der Waals surface area contributed by atoms with E-state index in [0.29, 0.717) is 11.8 Å². The highest BCUT2D eigenvalue weighted by Crippen LogP contribution is 2.15.